The molecule has 0 saturated heterocycles. The zero-order valence-corrected chi connectivity index (χ0v) is 12.0. The van der Waals surface area contributed by atoms with Gasteiger partial charge < -0.3 is 5.32 Å². The van der Waals surface area contributed by atoms with Crippen LogP contribution in [0.5, 0.6) is 0 Å². The number of aryl methyl sites for hydroxylation is 2. The van der Waals surface area contributed by atoms with E-state index in [0.29, 0.717) is 13.0 Å². The Kier molecular flexibility index (Phi) is 6.81. The van der Waals surface area contributed by atoms with E-state index in [1.165, 1.54) is 11.1 Å². The third kappa shape index (κ3) is 5.54. The van der Waals surface area contributed by atoms with Crippen molar-refractivity contribution in [3.8, 4) is 0 Å². The van der Waals surface area contributed by atoms with E-state index in [0.717, 1.165) is 19.3 Å². The van der Waals surface area contributed by atoms with Crippen molar-refractivity contribution in [2.75, 3.05) is 6.54 Å². The van der Waals surface area contributed by atoms with Crippen molar-refractivity contribution >= 4 is 17.5 Å². The summed E-state index contributed by atoms with van der Waals surface area (Å²) in [7, 11) is 0. The van der Waals surface area contributed by atoms with E-state index >= 15 is 0 Å². The van der Waals surface area contributed by atoms with Crippen LogP contribution in [0.15, 0.2) is 24.3 Å². The van der Waals surface area contributed by atoms with E-state index in [9.17, 15) is 4.79 Å². The number of halogens is 1. The zero-order chi connectivity index (χ0) is 13.4. The lowest BCUT2D eigenvalue weighted by Gasteiger charge is -2.09. The Labute approximate surface area is 115 Å². The van der Waals surface area contributed by atoms with Crippen molar-refractivity contribution < 1.29 is 4.79 Å². The van der Waals surface area contributed by atoms with Gasteiger partial charge in [0.05, 0.1) is 0 Å². The number of alkyl halides is 1. The fourth-order valence-corrected chi connectivity index (χ4v) is 1.91. The van der Waals surface area contributed by atoms with Gasteiger partial charge in [0.15, 0.2) is 0 Å². The summed E-state index contributed by atoms with van der Waals surface area (Å²) in [5.74, 6) is 0.109. The Hall–Kier alpha value is -1.02. The highest BCUT2D eigenvalue weighted by Gasteiger charge is 2.05. The van der Waals surface area contributed by atoms with Crippen molar-refractivity contribution in [3.63, 3.8) is 0 Å². The summed E-state index contributed by atoms with van der Waals surface area (Å²) in [6.45, 7) is 4.80. The third-order valence-corrected chi connectivity index (χ3v) is 3.63. The fourth-order valence-electron chi connectivity index (χ4n) is 1.80. The maximum Gasteiger partial charge on any atom is 0.220 e. The molecule has 1 amide bonds. The summed E-state index contributed by atoms with van der Waals surface area (Å²) in [6.07, 6.45) is 3.13. The molecule has 0 aliphatic heterocycles. The Morgan fingerprint density at radius 3 is 2.78 bits per heavy atom. The standard InChI is InChI=1S/C15H22ClNO/c1-3-14(16)10-11-17-15(18)9-8-13-7-5-4-6-12(13)2/h4-7,14H,3,8-11H2,1-2H3,(H,17,18). The van der Waals surface area contributed by atoms with E-state index in [1.807, 2.05) is 12.1 Å². The molecule has 1 N–H and O–H groups in total. The Balaban J connectivity index is 2.23. The highest BCUT2D eigenvalue weighted by molar-refractivity contribution is 6.20. The van der Waals surface area contributed by atoms with Crippen LogP contribution in [0.1, 0.15) is 37.3 Å². The number of carbonyl (C=O) groups is 1. The Bertz CT molecular complexity index is 379. The van der Waals surface area contributed by atoms with Crippen LogP contribution in [0, 0.1) is 6.92 Å². The molecule has 1 unspecified atom stereocenters. The molecule has 0 saturated carbocycles. The topological polar surface area (TPSA) is 29.1 Å². The molecule has 18 heavy (non-hydrogen) atoms. The summed E-state index contributed by atoms with van der Waals surface area (Å²) in [5, 5.41) is 3.08. The molecule has 0 aromatic heterocycles. The second-order valence-corrected chi connectivity index (χ2v) is 5.19. The second-order valence-electron chi connectivity index (χ2n) is 4.57. The van der Waals surface area contributed by atoms with Gasteiger partial charge in [-0.05, 0) is 37.3 Å². The molecule has 100 valence electrons. The van der Waals surface area contributed by atoms with Gasteiger partial charge in [-0.25, -0.2) is 0 Å². The monoisotopic (exact) mass is 267 g/mol. The van der Waals surface area contributed by atoms with Crippen LogP contribution in [-0.4, -0.2) is 17.8 Å². The van der Waals surface area contributed by atoms with Gasteiger partial charge in [0.2, 0.25) is 5.91 Å². The van der Waals surface area contributed by atoms with E-state index in [1.54, 1.807) is 0 Å². The third-order valence-electron chi connectivity index (χ3n) is 3.11. The van der Waals surface area contributed by atoms with E-state index in [4.69, 9.17) is 11.6 Å². The molecule has 2 nitrogen and oxygen atoms in total. The van der Waals surface area contributed by atoms with Crippen molar-refractivity contribution in [2.24, 2.45) is 0 Å². The normalized spacial score (nSPS) is 12.2. The molecule has 1 aromatic carbocycles. The first-order valence-electron chi connectivity index (χ1n) is 6.58. The Morgan fingerprint density at radius 1 is 1.39 bits per heavy atom. The van der Waals surface area contributed by atoms with Gasteiger partial charge in [0.25, 0.3) is 0 Å². The summed E-state index contributed by atoms with van der Waals surface area (Å²) in [4.78, 5) is 11.6. The molecule has 1 rings (SSSR count). The van der Waals surface area contributed by atoms with Crippen LogP contribution in [0.4, 0.5) is 0 Å². The van der Waals surface area contributed by atoms with Crippen LogP contribution in [-0.2, 0) is 11.2 Å². The molecule has 0 aliphatic carbocycles. The lowest BCUT2D eigenvalue weighted by Crippen LogP contribution is -2.26. The highest BCUT2D eigenvalue weighted by atomic mass is 35.5. The van der Waals surface area contributed by atoms with Crippen molar-refractivity contribution in [3.05, 3.63) is 35.4 Å². The fraction of sp³-hybridized carbons (Fsp3) is 0.533. The largest absolute Gasteiger partial charge is 0.356 e. The SMILES string of the molecule is CCC(Cl)CCNC(=O)CCc1ccccc1C. The van der Waals surface area contributed by atoms with Crippen LogP contribution in [0.25, 0.3) is 0 Å². The van der Waals surface area contributed by atoms with Gasteiger partial charge in [0.1, 0.15) is 0 Å². The molecule has 0 aliphatic rings. The number of nitrogens with one attached hydrogen (secondary N) is 1. The minimum Gasteiger partial charge on any atom is -0.356 e. The zero-order valence-electron chi connectivity index (χ0n) is 11.2. The lowest BCUT2D eigenvalue weighted by atomic mass is 10.0. The maximum absolute atomic E-state index is 11.6. The summed E-state index contributed by atoms with van der Waals surface area (Å²) in [6, 6.07) is 8.19. The number of hydrogen-bond donors (Lipinski definition) is 1. The molecule has 0 fully saturated rings. The summed E-state index contributed by atoms with van der Waals surface area (Å²) < 4.78 is 0. The number of rotatable bonds is 7. The van der Waals surface area contributed by atoms with Crippen molar-refractivity contribution in [2.45, 2.75) is 44.9 Å². The minimum absolute atomic E-state index is 0.109. The molecule has 1 atom stereocenters. The van der Waals surface area contributed by atoms with E-state index < -0.39 is 0 Å². The molecule has 0 bridgehead atoms. The van der Waals surface area contributed by atoms with Crippen LogP contribution in [0.2, 0.25) is 0 Å². The van der Waals surface area contributed by atoms with E-state index in [2.05, 4.69) is 31.3 Å². The molecular weight excluding hydrogens is 246 g/mol. The molecule has 1 aromatic rings. The predicted octanol–water partition coefficient (Wildman–Crippen LogP) is 3.45. The molecule has 0 spiro atoms. The van der Waals surface area contributed by atoms with Gasteiger partial charge in [0, 0.05) is 18.3 Å². The highest BCUT2D eigenvalue weighted by Crippen LogP contribution is 2.09. The molecule has 0 heterocycles. The number of carbonyl (C=O) groups excluding carboxylic acids is 1. The smallest absolute Gasteiger partial charge is 0.220 e. The average Bonchev–Trinajstić information content (AvgIpc) is 2.37. The lowest BCUT2D eigenvalue weighted by molar-refractivity contribution is -0.121. The van der Waals surface area contributed by atoms with Crippen LogP contribution >= 0.6 is 11.6 Å². The number of amides is 1. The summed E-state index contributed by atoms with van der Waals surface area (Å²) in [5.41, 5.74) is 2.49. The number of hydrogen-bond acceptors (Lipinski definition) is 1. The van der Waals surface area contributed by atoms with Gasteiger partial charge in [-0.3, -0.25) is 4.79 Å². The van der Waals surface area contributed by atoms with Crippen LogP contribution < -0.4 is 5.32 Å². The van der Waals surface area contributed by atoms with Gasteiger partial charge in [-0.2, -0.15) is 0 Å². The van der Waals surface area contributed by atoms with Crippen molar-refractivity contribution in [1.29, 1.82) is 0 Å². The molecular formula is C15H22ClNO. The van der Waals surface area contributed by atoms with Gasteiger partial charge in [-0.1, -0.05) is 31.2 Å². The first-order valence-corrected chi connectivity index (χ1v) is 7.02. The first-order chi connectivity index (χ1) is 8.63. The quantitative estimate of drug-likeness (QED) is 0.754. The van der Waals surface area contributed by atoms with Crippen LogP contribution in [0.3, 0.4) is 0 Å². The van der Waals surface area contributed by atoms with Crippen molar-refractivity contribution in [1.82, 2.24) is 5.32 Å². The Morgan fingerprint density at radius 2 is 2.11 bits per heavy atom. The molecule has 0 radical (unpaired) electrons. The number of benzene rings is 1. The first kappa shape index (κ1) is 15.0. The van der Waals surface area contributed by atoms with Gasteiger partial charge in [-0.15, -0.1) is 11.6 Å². The minimum atomic E-state index is 0.109. The summed E-state index contributed by atoms with van der Waals surface area (Å²) >= 11 is 5.99. The second kappa shape index (κ2) is 8.15. The average molecular weight is 268 g/mol. The predicted molar refractivity (Wildman–Crippen MR) is 77.1 cm³/mol. The van der Waals surface area contributed by atoms with Gasteiger partial charge >= 0.3 is 0 Å². The maximum atomic E-state index is 11.6. The molecule has 3 heteroatoms. The van der Waals surface area contributed by atoms with E-state index in [-0.39, 0.29) is 11.3 Å².